The highest BCUT2D eigenvalue weighted by molar-refractivity contribution is 7.98. The molecule has 0 bridgehead atoms. The first-order valence-corrected chi connectivity index (χ1v) is 7.85. The van der Waals surface area contributed by atoms with Crippen LogP contribution in [0.25, 0.3) is 0 Å². The smallest absolute Gasteiger partial charge is 0.122 e. The van der Waals surface area contributed by atoms with Crippen LogP contribution in [0.5, 0.6) is 5.75 Å². The number of ether oxygens (including phenoxy) is 1. The molecule has 106 valence electrons. The molecule has 2 nitrogen and oxygen atoms in total. The van der Waals surface area contributed by atoms with E-state index in [1.54, 1.807) is 7.11 Å². The van der Waals surface area contributed by atoms with Gasteiger partial charge in [-0.15, -0.1) is 11.8 Å². The van der Waals surface area contributed by atoms with Crippen LogP contribution in [0.3, 0.4) is 0 Å². The molecular formula is C17H21NOS. The van der Waals surface area contributed by atoms with Crippen molar-refractivity contribution in [1.29, 1.82) is 0 Å². The number of thioether (sulfide) groups is 1. The van der Waals surface area contributed by atoms with E-state index in [9.17, 15) is 0 Å². The van der Waals surface area contributed by atoms with Crippen molar-refractivity contribution in [1.82, 2.24) is 0 Å². The zero-order valence-corrected chi connectivity index (χ0v) is 12.7. The lowest BCUT2D eigenvalue weighted by molar-refractivity contribution is 0.411. The number of nitrogens with two attached hydrogens (primary N) is 1. The lowest BCUT2D eigenvalue weighted by Crippen LogP contribution is -2.00. The molecule has 20 heavy (non-hydrogen) atoms. The van der Waals surface area contributed by atoms with Crippen LogP contribution in [0.15, 0.2) is 53.4 Å². The van der Waals surface area contributed by atoms with E-state index in [0.717, 1.165) is 30.9 Å². The SMILES string of the molecule is COc1ccccc1CSc1cccc(CCCN)c1. The quantitative estimate of drug-likeness (QED) is 0.785. The van der Waals surface area contributed by atoms with Crippen molar-refractivity contribution in [3.8, 4) is 5.75 Å². The van der Waals surface area contributed by atoms with Crippen LogP contribution >= 0.6 is 11.8 Å². The minimum absolute atomic E-state index is 0.749. The van der Waals surface area contributed by atoms with Gasteiger partial charge >= 0.3 is 0 Å². The predicted molar refractivity (Wildman–Crippen MR) is 86.4 cm³/mol. The van der Waals surface area contributed by atoms with Gasteiger partial charge in [0.05, 0.1) is 7.11 Å². The molecule has 0 atom stereocenters. The van der Waals surface area contributed by atoms with Gasteiger partial charge in [-0.1, -0.05) is 30.3 Å². The van der Waals surface area contributed by atoms with Crippen LogP contribution in [-0.2, 0) is 12.2 Å². The Bertz CT molecular complexity index is 542. The number of aryl methyl sites for hydroxylation is 1. The Balaban J connectivity index is 1.99. The van der Waals surface area contributed by atoms with Gasteiger partial charge < -0.3 is 10.5 Å². The van der Waals surface area contributed by atoms with Crippen LogP contribution in [0.2, 0.25) is 0 Å². The van der Waals surface area contributed by atoms with Crippen molar-refractivity contribution < 1.29 is 4.74 Å². The molecule has 0 aliphatic heterocycles. The molecular weight excluding hydrogens is 266 g/mol. The van der Waals surface area contributed by atoms with Crippen molar-refractivity contribution in [2.75, 3.05) is 13.7 Å². The molecule has 0 heterocycles. The molecule has 2 N–H and O–H groups in total. The fourth-order valence-electron chi connectivity index (χ4n) is 2.08. The fraction of sp³-hybridized carbons (Fsp3) is 0.294. The summed E-state index contributed by atoms with van der Waals surface area (Å²) in [5, 5.41) is 0. The topological polar surface area (TPSA) is 35.2 Å². The van der Waals surface area contributed by atoms with Gasteiger partial charge in [-0.25, -0.2) is 0 Å². The number of rotatable bonds is 7. The third kappa shape index (κ3) is 4.29. The highest BCUT2D eigenvalue weighted by Gasteiger charge is 2.03. The van der Waals surface area contributed by atoms with Crippen molar-refractivity contribution in [3.63, 3.8) is 0 Å². The van der Waals surface area contributed by atoms with E-state index in [-0.39, 0.29) is 0 Å². The highest BCUT2D eigenvalue weighted by Crippen LogP contribution is 2.28. The van der Waals surface area contributed by atoms with Crippen LogP contribution < -0.4 is 10.5 Å². The maximum absolute atomic E-state index is 5.56. The first-order valence-electron chi connectivity index (χ1n) is 6.87. The molecule has 0 spiro atoms. The van der Waals surface area contributed by atoms with E-state index < -0.39 is 0 Å². The number of benzene rings is 2. The molecule has 0 saturated heterocycles. The summed E-state index contributed by atoms with van der Waals surface area (Å²) in [6, 6.07) is 16.9. The molecule has 0 unspecified atom stereocenters. The molecule has 0 saturated carbocycles. The average Bonchev–Trinajstić information content (AvgIpc) is 2.51. The molecule has 0 fully saturated rings. The van der Waals surface area contributed by atoms with E-state index in [4.69, 9.17) is 10.5 Å². The summed E-state index contributed by atoms with van der Waals surface area (Å²) < 4.78 is 5.38. The van der Waals surface area contributed by atoms with Crippen molar-refractivity contribution in [2.24, 2.45) is 5.73 Å². The molecule has 2 aromatic carbocycles. The summed E-state index contributed by atoms with van der Waals surface area (Å²) in [6.45, 7) is 0.749. The van der Waals surface area contributed by atoms with E-state index in [1.807, 2.05) is 23.9 Å². The molecule has 0 aliphatic rings. The number of methoxy groups -OCH3 is 1. The minimum Gasteiger partial charge on any atom is -0.496 e. The number of para-hydroxylation sites is 1. The van der Waals surface area contributed by atoms with Gasteiger partial charge in [0, 0.05) is 16.2 Å². The third-order valence-corrected chi connectivity index (χ3v) is 4.20. The third-order valence-electron chi connectivity index (χ3n) is 3.15. The lowest BCUT2D eigenvalue weighted by atomic mass is 10.1. The van der Waals surface area contributed by atoms with E-state index in [2.05, 4.69) is 36.4 Å². The fourth-order valence-corrected chi connectivity index (χ4v) is 3.05. The van der Waals surface area contributed by atoms with Gasteiger partial charge in [-0.3, -0.25) is 0 Å². The van der Waals surface area contributed by atoms with Crippen molar-refractivity contribution >= 4 is 11.8 Å². The second-order valence-corrected chi connectivity index (χ2v) is 5.69. The van der Waals surface area contributed by atoms with Crippen molar-refractivity contribution in [3.05, 3.63) is 59.7 Å². The summed E-state index contributed by atoms with van der Waals surface area (Å²) >= 11 is 1.84. The highest BCUT2D eigenvalue weighted by atomic mass is 32.2. The Kier molecular flexibility index (Phi) is 5.96. The summed E-state index contributed by atoms with van der Waals surface area (Å²) in [5.74, 6) is 1.88. The first-order chi connectivity index (χ1) is 9.83. The van der Waals surface area contributed by atoms with Gasteiger partial charge in [0.1, 0.15) is 5.75 Å². The Hall–Kier alpha value is -1.45. The summed E-state index contributed by atoms with van der Waals surface area (Å²) in [4.78, 5) is 1.30. The maximum atomic E-state index is 5.56. The molecule has 2 aromatic rings. The Morgan fingerprint density at radius 3 is 2.75 bits per heavy atom. The number of hydrogen-bond donors (Lipinski definition) is 1. The average molecular weight is 287 g/mol. The van der Waals surface area contributed by atoms with Crippen LogP contribution in [-0.4, -0.2) is 13.7 Å². The lowest BCUT2D eigenvalue weighted by Gasteiger charge is -2.08. The van der Waals surface area contributed by atoms with Gasteiger partial charge in [0.15, 0.2) is 0 Å². The van der Waals surface area contributed by atoms with Crippen LogP contribution in [0.1, 0.15) is 17.5 Å². The second kappa shape index (κ2) is 7.98. The van der Waals surface area contributed by atoms with E-state index >= 15 is 0 Å². The summed E-state index contributed by atoms with van der Waals surface area (Å²) in [6.07, 6.45) is 2.10. The van der Waals surface area contributed by atoms with Crippen LogP contribution in [0, 0.1) is 0 Å². The molecule has 0 aliphatic carbocycles. The maximum Gasteiger partial charge on any atom is 0.122 e. The molecule has 0 radical (unpaired) electrons. The zero-order valence-electron chi connectivity index (χ0n) is 11.8. The van der Waals surface area contributed by atoms with Gasteiger partial charge in [0.25, 0.3) is 0 Å². The van der Waals surface area contributed by atoms with Gasteiger partial charge in [0.2, 0.25) is 0 Å². The monoisotopic (exact) mass is 287 g/mol. The molecule has 2 rings (SSSR count). The summed E-state index contributed by atoms with van der Waals surface area (Å²) in [7, 11) is 1.72. The van der Waals surface area contributed by atoms with Gasteiger partial charge in [-0.2, -0.15) is 0 Å². The number of hydrogen-bond acceptors (Lipinski definition) is 3. The molecule has 3 heteroatoms. The first kappa shape index (κ1) is 14.9. The predicted octanol–water partition coefficient (Wildman–Crippen LogP) is 3.88. The Morgan fingerprint density at radius 1 is 1.10 bits per heavy atom. The Morgan fingerprint density at radius 2 is 1.95 bits per heavy atom. The van der Waals surface area contributed by atoms with Gasteiger partial charge in [-0.05, 0) is 43.1 Å². The van der Waals surface area contributed by atoms with Crippen LogP contribution in [0.4, 0.5) is 0 Å². The zero-order chi connectivity index (χ0) is 14.2. The van der Waals surface area contributed by atoms with E-state index in [0.29, 0.717) is 0 Å². The Labute approximate surface area is 125 Å². The molecule has 0 amide bonds. The normalized spacial score (nSPS) is 10.5. The molecule has 0 aromatic heterocycles. The second-order valence-electron chi connectivity index (χ2n) is 4.64. The standard InChI is InChI=1S/C17H21NOS/c1-19-17-10-3-2-8-15(17)13-20-16-9-4-6-14(12-16)7-5-11-18/h2-4,6,8-10,12H,5,7,11,13,18H2,1H3. The van der Waals surface area contributed by atoms with E-state index in [1.165, 1.54) is 16.0 Å². The van der Waals surface area contributed by atoms with Crippen molar-refractivity contribution in [2.45, 2.75) is 23.5 Å². The summed E-state index contributed by atoms with van der Waals surface area (Å²) in [5.41, 5.74) is 8.15. The largest absolute Gasteiger partial charge is 0.496 e. The minimum atomic E-state index is 0.749.